The summed E-state index contributed by atoms with van der Waals surface area (Å²) in [4.78, 5) is 0. The Labute approximate surface area is 86.3 Å². The molecule has 0 fully saturated rings. The normalized spacial score (nSPS) is 3.71. The topological polar surface area (TPSA) is 0 Å². The summed E-state index contributed by atoms with van der Waals surface area (Å²) in [6.07, 6.45) is 1.89. The summed E-state index contributed by atoms with van der Waals surface area (Å²) < 4.78 is 1.11. The van der Waals surface area contributed by atoms with E-state index in [-0.39, 0.29) is 48.2 Å². The average molecular weight is 188 g/mol. The van der Waals surface area contributed by atoms with Crippen molar-refractivity contribution in [3.05, 3.63) is 12.7 Å². The molecule has 34 valence electrons. The summed E-state index contributed by atoms with van der Waals surface area (Å²) in [5.41, 5.74) is 0. The van der Waals surface area contributed by atoms with Gasteiger partial charge in [-0.2, -0.15) is 0 Å². The standard InChI is InChI=1S/C3H5.BrH.ClH.Li.Mg/c1-3-2;;;;/h3H,1-2H2;2*1H;;/q;;;2*+1/p-2. The summed E-state index contributed by atoms with van der Waals surface area (Å²) in [7, 11) is 0. The van der Waals surface area contributed by atoms with Crippen LogP contribution in [0.5, 0.6) is 0 Å². The van der Waals surface area contributed by atoms with Crippen LogP contribution >= 0.6 is 0 Å². The van der Waals surface area contributed by atoms with Crippen molar-refractivity contribution in [1.82, 2.24) is 0 Å². The first-order chi connectivity index (χ1) is 1.91. The molecule has 0 radical (unpaired) electrons. The van der Waals surface area contributed by atoms with E-state index in [1.807, 2.05) is 27.8 Å². The molecule has 0 N–H and O–H groups in total. The second kappa shape index (κ2) is 24.8. The Hall–Kier alpha value is 1.87. The molecule has 0 aromatic carbocycles. The SMILES string of the molecule is C=C[CH2][Mg+].[Br-].[Cl-].[Li+]. The smallest absolute Gasteiger partial charge is 1.00 e. The molecule has 0 aromatic rings. The van der Waals surface area contributed by atoms with Crippen LogP contribution in [-0.4, -0.2) is 21.7 Å². The van der Waals surface area contributed by atoms with Gasteiger partial charge in [-0.1, -0.05) is 0 Å². The molecule has 0 nitrogen and oxygen atoms in total. The van der Waals surface area contributed by atoms with E-state index in [9.17, 15) is 0 Å². The molecule has 0 aromatic heterocycles. The third-order valence-corrected chi connectivity index (χ3v) is 0.612. The van der Waals surface area contributed by atoms with Crippen molar-refractivity contribution < 1.29 is 48.2 Å². The average Bonchev–Trinajstić information content (AvgIpc) is 1.37. The maximum Gasteiger partial charge on any atom is 1.00 e. The largest absolute Gasteiger partial charge is 1.00 e. The molecule has 0 unspecified atom stereocenters. The Morgan fingerprint density at radius 3 is 1.71 bits per heavy atom. The Kier molecular flexibility index (Phi) is 82.0. The van der Waals surface area contributed by atoms with Gasteiger partial charge in [0.15, 0.2) is 0 Å². The van der Waals surface area contributed by atoms with Gasteiger partial charge in [0.05, 0.1) is 0 Å². The zero-order chi connectivity index (χ0) is 3.41. The molecule has 0 saturated heterocycles. The van der Waals surface area contributed by atoms with Crippen LogP contribution in [0.15, 0.2) is 12.7 Å². The van der Waals surface area contributed by atoms with Gasteiger partial charge < -0.3 is 29.4 Å². The summed E-state index contributed by atoms with van der Waals surface area (Å²) in [5.74, 6) is 0. The fourth-order valence-corrected chi connectivity index (χ4v) is 0. The summed E-state index contributed by atoms with van der Waals surface area (Å²) >= 11 is 1.90. The Morgan fingerprint density at radius 1 is 1.57 bits per heavy atom. The first kappa shape index (κ1) is 23.2. The second-order valence-electron chi connectivity index (χ2n) is 0.577. The summed E-state index contributed by atoms with van der Waals surface area (Å²) in [6, 6.07) is 0. The van der Waals surface area contributed by atoms with Gasteiger partial charge in [-0.3, -0.25) is 0 Å². The van der Waals surface area contributed by atoms with Gasteiger partial charge in [-0.15, -0.1) is 0 Å². The quantitative estimate of drug-likeness (QED) is 0.283. The molecule has 0 atom stereocenters. The predicted molar refractivity (Wildman–Crippen MR) is 20.8 cm³/mol. The van der Waals surface area contributed by atoms with Crippen LogP contribution in [0.25, 0.3) is 0 Å². The van der Waals surface area contributed by atoms with Crippen molar-refractivity contribution in [2.24, 2.45) is 0 Å². The van der Waals surface area contributed by atoms with Crippen molar-refractivity contribution in [1.29, 1.82) is 0 Å². The Morgan fingerprint density at radius 2 is 1.71 bits per heavy atom. The monoisotopic (exact) mass is 186 g/mol. The molecule has 7 heavy (non-hydrogen) atoms. The maximum atomic E-state index is 3.49. The van der Waals surface area contributed by atoms with E-state index in [4.69, 9.17) is 0 Å². The number of rotatable bonds is 1. The molecule has 0 spiro atoms. The Balaban J connectivity index is -0.0000000150. The van der Waals surface area contributed by atoms with Crippen molar-refractivity contribution >= 4 is 21.7 Å². The van der Waals surface area contributed by atoms with E-state index in [1.54, 1.807) is 0 Å². The molecule has 4 heteroatoms. The predicted octanol–water partition coefficient (Wildman–Crippen LogP) is -8.23. The number of allylic oxidation sites excluding steroid dienone is 1. The molecule has 0 bridgehead atoms. The third kappa shape index (κ3) is 32.9. The number of halogens is 2. The van der Waals surface area contributed by atoms with E-state index in [2.05, 4.69) is 6.58 Å². The fraction of sp³-hybridized carbons (Fsp3) is 0.333. The number of hydrogen-bond acceptors (Lipinski definition) is 0. The minimum atomic E-state index is 0. The van der Waals surface area contributed by atoms with Crippen LogP contribution < -0.4 is 48.2 Å². The second-order valence-corrected chi connectivity index (χ2v) is 1.15. The van der Waals surface area contributed by atoms with Crippen molar-refractivity contribution in [3.63, 3.8) is 0 Å². The number of hydrogen-bond donors (Lipinski definition) is 0. The zero-order valence-electron chi connectivity index (χ0n) is 4.45. The van der Waals surface area contributed by atoms with Gasteiger partial charge in [0.1, 0.15) is 0 Å². The minimum absolute atomic E-state index is 0. The zero-order valence-corrected chi connectivity index (χ0v) is 8.21. The molecule has 0 aliphatic carbocycles. The molecule has 0 saturated carbocycles. The first-order valence-corrected chi connectivity index (χ1v) is 2.32. The van der Waals surface area contributed by atoms with E-state index < -0.39 is 0 Å². The van der Waals surface area contributed by atoms with Crippen LogP contribution in [0.4, 0.5) is 0 Å². The van der Waals surface area contributed by atoms with Gasteiger partial charge >= 0.3 is 57.8 Å². The van der Waals surface area contributed by atoms with Crippen LogP contribution in [0, 0.1) is 0 Å². The van der Waals surface area contributed by atoms with E-state index >= 15 is 0 Å². The molecule has 0 rings (SSSR count). The van der Waals surface area contributed by atoms with Gasteiger partial charge in [-0.05, 0) is 0 Å². The van der Waals surface area contributed by atoms with Gasteiger partial charge in [0, 0.05) is 0 Å². The minimum Gasteiger partial charge on any atom is -1.00 e. The molecule has 0 amide bonds. The van der Waals surface area contributed by atoms with Crippen LogP contribution in [0.2, 0.25) is 4.55 Å². The third-order valence-electron chi connectivity index (χ3n) is 0.204. The van der Waals surface area contributed by atoms with Gasteiger partial charge in [0.25, 0.3) is 0 Å². The molecular formula is C3H5BrClLiMg. The molecular weight excluding hydrogens is 183 g/mol. The summed E-state index contributed by atoms with van der Waals surface area (Å²) in [6.45, 7) is 3.49. The van der Waals surface area contributed by atoms with Crippen molar-refractivity contribution in [2.75, 3.05) is 0 Å². The molecule has 0 heterocycles. The van der Waals surface area contributed by atoms with Gasteiger partial charge in [0.2, 0.25) is 0 Å². The maximum absolute atomic E-state index is 3.49. The van der Waals surface area contributed by atoms with E-state index in [1.165, 1.54) is 0 Å². The Bertz CT molecular complexity index is 28.9. The van der Waals surface area contributed by atoms with Crippen molar-refractivity contribution in [3.8, 4) is 0 Å². The van der Waals surface area contributed by atoms with E-state index in [0.29, 0.717) is 0 Å². The van der Waals surface area contributed by atoms with Crippen LogP contribution in [0.3, 0.4) is 0 Å². The van der Waals surface area contributed by atoms with Crippen molar-refractivity contribution in [2.45, 2.75) is 4.55 Å². The van der Waals surface area contributed by atoms with Crippen LogP contribution in [0.1, 0.15) is 0 Å². The van der Waals surface area contributed by atoms with Crippen LogP contribution in [-0.2, 0) is 0 Å². The fourth-order valence-electron chi connectivity index (χ4n) is 0. The summed E-state index contributed by atoms with van der Waals surface area (Å²) in [5, 5.41) is 0. The first-order valence-electron chi connectivity index (χ1n) is 1.32. The van der Waals surface area contributed by atoms with E-state index in [0.717, 1.165) is 4.55 Å². The van der Waals surface area contributed by atoms with Gasteiger partial charge in [-0.25, -0.2) is 0 Å². The molecule has 0 aliphatic rings. The molecule has 0 aliphatic heterocycles.